The van der Waals surface area contributed by atoms with Crippen molar-refractivity contribution in [2.75, 3.05) is 19.7 Å². The number of likely N-dealkylation sites (tertiary alicyclic amines) is 1. The number of carbonyl (C=O) groups excluding carboxylic acids is 2. The molecule has 0 saturated carbocycles. The Morgan fingerprint density at radius 1 is 1.28 bits per heavy atom. The van der Waals surface area contributed by atoms with Gasteiger partial charge in [-0.1, -0.05) is 29.3 Å². The number of ketones is 1. The highest BCUT2D eigenvalue weighted by atomic mass is 35.5. The number of rotatable bonds is 5. The zero-order valence-electron chi connectivity index (χ0n) is 17.6. The lowest BCUT2D eigenvalue weighted by molar-refractivity contribution is -0.150. The van der Waals surface area contributed by atoms with E-state index in [2.05, 4.69) is 4.90 Å². The van der Waals surface area contributed by atoms with Crippen LogP contribution in [0.4, 0.5) is 0 Å². The number of piperidine rings is 1. The molecule has 168 valence electrons. The van der Waals surface area contributed by atoms with E-state index in [-0.39, 0.29) is 29.2 Å². The number of phenols is 1. The van der Waals surface area contributed by atoms with Gasteiger partial charge in [-0.05, 0) is 56.7 Å². The molecule has 1 fully saturated rings. The SMILES string of the molecule is CCOC(=O)C1CCCN(Cc2c(O)ccc3c2O/C(=C\c2c(Cl)cccc2Cl)C3=O)C1. The van der Waals surface area contributed by atoms with Crippen molar-refractivity contribution in [2.45, 2.75) is 26.3 Å². The maximum Gasteiger partial charge on any atom is 0.310 e. The van der Waals surface area contributed by atoms with Gasteiger partial charge < -0.3 is 14.6 Å². The zero-order valence-corrected chi connectivity index (χ0v) is 19.1. The van der Waals surface area contributed by atoms with Gasteiger partial charge in [0.1, 0.15) is 11.5 Å². The van der Waals surface area contributed by atoms with E-state index in [1.807, 2.05) is 0 Å². The zero-order chi connectivity index (χ0) is 22.8. The van der Waals surface area contributed by atoms with Gasteiger partial charge >= 0.3 is 5.97 Å². The van der Waals surface area contributed by atoms with E-state index in [9.17, 15) is 14.7 Å². The molecule has 2 aromatic carbocycles. The lowest BCUT2D eigenvalue weighted by Crippen LogP contribution is -2.39. The first-order valence-electron chi connectivity index (χ1n) is 10.5. The summed E-state index contributed by atoms with van der Waals surface area (Å²) in [7, 11) is 0. The van der Waals surface area contributed by atoms with Crippen LogP contribution in [-0.4, -0.2) is 41.5 Å². The number of nitrogens with zero attached hydrogens (tertiary/aromatic N) is 1. The summed E-state index contributed by atoms with van der Waals surface area (Å²) in [5.41, 5.74) is 1.37. The second-order valence-corrected chi connectivity index (χ2v) is 8.66. The third-order valence-electron chi connectivity index (χ3n) is 5.70. The van der Waals surface area contributed by atoms with Crippen molar-refractivity contribution < 1.29 is 24.2 Å². The van der Waals surface area contributed by atoms with Crippen molar-refractivity contribution in [3.63, 3.8) is 0 Å². The summed E-state index contributed by atoms with van der Waals surface area (Å²) < 4.78 is 11.1. The molecule has 0 aromatic heterocycles. The minimum Gasteiger partial charge on any atom is -0.507 e. The number of esters is 1. The molecule has 0 aliphatic carbocycles. The van der Waals surface area contributed by atoms with Gasteiger partial charge in [0.2, 0.25) is 5.78 Å². The molecule has 1 N–H and O–H groups in total. The van der Waals surface area contributed by atoms with Crippen LogP contribution in [0.1, 0.15) is 41.3 Å². The summed E-state index contributed by atoms with van der Waals surface area (Å²) in [6.45, 7) is 3.78. The van der Waals surface area contributed by atoms with Crippen LogP contribution in [0, 0.1) is 5.92 Å². The molecule has 1 atom stereocenters. The van der Waals surface area contributed by atoms with Gasteiger partial charge in [-0.15, -0.1) is 0 Å². The first-order chi connectivity index (χ1) is 15.4. The van der Waals surface area contributed by atoms with E-state index in [0.29, 0.717) is 52.2 Å². The molecular formula is C24H23Cl2NO5. The maximum absolute atomic E-state index is 13.0. The molecule has 0 bridgehead atoms. The Bertz CT molecular complexity index is 1080. The summed E-state index contributed by atoms with van der Waals surface area (Å²) in [5, 5.41) is 11.3. The first kappa shape index (κ1) is 22.6. The molecule has 2 aliphatic rings. The third kappa shape index (κ3) is 4.49. The van der Waals surface area contributed by atoms with Crippen LogP contribution in [0.2, 0.25) is 10.0 Å². The number of allylic oxidation sites excluding steroid dienone is 1. The van der Waals surface area contributed by atoms with Crippen LogP contribution < -0.4 is 4.74 Å². The van der Waals surface area contributed by atoms with Crippen LogP contribution in [0.3, 0.4) is 0 Å². The second kappa shape index (κ2) is 9.53. The number of benzene rings is 2. The highest BCUT2D eigenvalue weighted by molar-refractivity contribution is 6.37. The third-order valence-corrected chi connectivity index (χ3v) is 6.36. The first-order valence-corrected chi connectivity index (χ1v) is 11.3. The molecular weight excluding hydrogens is 453 g/mol. The molecule has 4 rings (SSSR count). The van der Waals surface area contributed by atoms with Gasteiger partial charge in [0.25, 0.3) is 0 Å². The molecule has 0 spiro atoms. The van der Waals surface area contributed by atoms with Crippen LogP contribution in [0.25, 0.3) is 6.08 Å². The lowest BCUT2D eigenvalue weighted by Gasteiger charge is -2.31. The maximum atomic E-state index is 13.0. The van der Waals surface area contributed by atoms with E-state index in [1.54, 1.807) is 31.2 Å². The van der Waals surface area contributed by atoms with Gasteiger partial charge in [0.15, 0.2) is 5.76 Å². The highest BCUT2D eigenvalue weighted by Gasteiger charge is 2.33. The summed E-state index contributed by atoms with van der Waals surface area (Å²) in [6, 6.07) is 8.12. The fourth-order valence-corrected chi connectivity index (χ4v) is 4.61. The Labute approximate surface area is 196 Å². The number of fused-ring (bicyclic) bond motifs is 1. The Balaban J connectivity index is 1.60. The molecule has 0 radical (unpaired) electrons. The molecule has 2 aromatic rings. The predicted molar refractivity (Wildman–Crippen MR) is 122 cm³/mol. The van der Waals surface area contributed by atoms with Gasteiger partial charge in [-0.2, -0.15) is 0 Å². The number of Topliss-reactive ketones (excluding diaryl/α,β-unsaturated/α-hetero) is 1. The monoisotopic (exact) mass is 475 g/mol. The van der Waals surface area contributed by atoms with Crippen molar-refractivity contribution in [3.05, 3.63) is 62.8 Å². The van der Waals surface area contributed by atoms with Gasteiger partial charge in [-0.3, -0.25) is 14.5 Å². The smallest absolute Gasteiger partial charge is 0.310 e. The van der Waals surface area contributed by atoms with Crippen molar-refractivity contribution in [2.24, 2.45) is 5.92 Å². The topological polar surface area (TPSA) is 76.1 Å². The number of aromatic hydroxyl groups is 1. The van der Waals surface area contributed by atoms with Crippen molar-refractivity contribution >= 4 is 41.0 Å². The molecule has 0 amide bonds. The summed E-state index contributed by atoms with van der Waals surface area (Å²) in [6.07, 6.45) is 3.13. The molecule has 2 heterocycles. The van der Waals surface area contributed by atoms with Gasteiger partial charge in [0.05, 0.1) is 23.7 Å². The number of hydrogen-bond acceptors (Lipinski definition) is 6. The van der Waals surface area contributed by atoms with E-state index in [1.165, 1.54) is 12.1 Å². The number of phenolic OH excluding ortho intramolecular Hbond substituents is 1. The van der Waals surface area contributed by atoms with Crippen molar-refractivity contribution in [1.29, 1.82) is 0 Å². The molecule has 1 unspecified atom stereocenters. The highest BCUT2D eigenvalue weighted by Crippen LogP contribution is 2.41. The predicted octanol–water partition coefficient (Wildman–Crippen LogP) is 5.09. The fourth-order valence-electron chi connectivity index (χ4n) is 4.10. The largest absolute Gasteiger partial charge is 0.507 e. The fraction of sp³-hybridized carbons (Fsp3) is 0.333. The number of hydrogen-bond donors (Lipinski definition) is 1. The Morgan fingerprint density at radius 2 is 2.03 bits per heavy atom. The van der Waals surface area contributed by atoms with E-state index in [4.69, 9.17) is 32.7 Å². The van der Waals surface area contributed by atoms with Crippen LogP contribution >= 0.6 is 23.2 Å². The van der Waals surface area contributed by atoms with Gasteiger partial charge in [0, 0.05) is 28.7 Å². The summed E-state index contributed by atoms with van der Waals surface area (Å²) >= 11 is 12.5. The molecule has 8 heteroatoms. The standard InChI is InChI=1S/C24H23Cl2NO5/c1-2-31-24(30)14-5-4-10-27(12-14)13-17-20(28)9-8-15-22(29)21(32-23(15)17)11-16-18(25)6-3-7-19(16)26/h3,6-9,11,14,28H,2,4-5,10,12-13H2,1H3/b21-11-. The minimum absolute atomic E-state index is 0.0341. The van der Waals surface area contributed by atoms with Crippen molar-refractivity contribution in [3.8, 4) is 11.5 Å². The van der Waals surface area contributed by atoms with E-state index >= 15 is 0 Å². The van der Waals surface area contributed by atoms with Crippen LogP contribution in [-0.2, 0) is 16.1 Å². The summed E-state index contributed by atoms with van der Waals surface area (Å²) in [5.74, 6) is -0.268. The molecule has 6 nitrogen and oxygen atoms in total. The molecule has 1 saturated heterocycles. The number of halogens is 2. The van der Waals surface area contributed by atoms with E-state index in [0.717, 1.165) is 19.4 Å². The van der Waals surface area contributed by atoms with Gasteiger partial charge in [-0.25, -0.2) is 0 Å². The number of ether oxygens (including phenoxy) is 2. The Morgan fingerprint density at radius 3 is 2.75 bits per heavy atom. The van der Waals surface area contributed by atoms with E-state index < -0.39 is 0 Å². The Kier molecular flexibility index (Phi) is 6.74. The van der Waals surface area contributed by atoms with Crippen LogP contribution in [0.15, 0.2) is 36.1 Å². The average Bonchev–Trinajstić information content (AvgIpc) is 3.09. The quantitative estimate of drug-likeness (QED) is 0.479. The Hall–Kier alpha value is -2.54. The average molecular weight is 476 g/mol. The number of carbonyl (C=O) groups is 2. The minimum atomic E-state index is -0.305. The normalized spacial score (nSPS) is 19.7. The lowest BCUT2D eigenvalue weighted by atomic mass is 9.97. The second-order valence-electron chi connectivity index (χ2n) is 7.84. The molecule has 32 heavy (non-hydrogen) atoms. The van der Waals surface area contributed by atoms with Crippen LogP contribution in [0.5, 0.6) is 11.5 Å². The summed E-state index contributed by atoms with van der Waals surface area (Å²) in [4.78, 5) is 27.2. The molecule has 2 aliphatic heterocycles. The van der Waals surface area contributed by atoms with Crippen molar-refractivity contribution in [1.82, 2.24) is 4.90 Å².